The lowest BCUT2D eigenvalue weighted by Gasteiger charge is -2.05. The fourth-order valence-corrected chi connectivity index (χ4v) is 3.45. The Morgan fingerprint density at radius 1 is 1.24 bits per heavy atom. The van der Waals surface area contributed by atoms with E-state index in [1.807, 2.05) is 37.3 Å². The van der Waals surface area contributed by atoms with Gasteiger partial charge in [-0.2, -0.15) is 4.37 Å². The Morgan fingerprint density at radius 2 is 2.00 bits per heavy atom. The van der Waals surface area contributed by atoms with Crippen LogP contribution in [0.25, 0.3) is 0 Å². The van der Waals surface area contributed by atoms with Crippen molar-refractivity contribution >= 4 is 17.3 Å². The van der Waals surface area contributed by atoms with Gasteiger partial charge >= 0.3 is 0 Å². The summed E-state index contributed by atoms with van der Waals surface area (Å²) in [6, 6.07) is 13.0. The highest BCUT2D eigenvalue weighted by Crippen LogP contribution is 2.22. The first-order valence-corrected chi connectivity index (χ1v) is 8.55. The van der Waals surface area contributed by atoms with Gasteiger partial charge in [-0.1, -0.05) is 36.3 Å². The Labute approximate surface area is 149 Å². The second-order valence-corrected chi connectivity index (χ2v) is 6.55. The molecule has 0 unspecified atom stereocenters. The van der Waals surface area contributed by atoms with Gasteiger partial charge in [-0.3, -0.25) is 9.59 Å². The quantitative estimate of drug-likeness (QED) is 0.526. The summed E-state index contributed by atoms with van der Waals surface area (Å²) in [6.45, 7) is 1.83. The summed E-state index contributed by atoms with van der Waals surface area (Å²) < 4.78 is 5.64. The van der Waals surface area contributed by atoms with Gasteiger partial charge in [0.2, 0.25) is 5.78 Å². The van der Waals surface area contributed by atoms with Crippen molar-refractivity contribution in [3.63, 3.8) is 0 Å². The van der Waals surface area contributed by atoms with E-state index >= 15 is 0 Å². The van der Waals surface area contributed by atoms with E-state index in [0.29, 0.717) is 11.3 Å². The van der Waals surface area contributed by atoms with Crippen molar-refractivity contribution in [2.45, 2.75) is 19.9 Å². The van der Waals surface area contributed by atoms with Crippen LogP contribution in [0.3, 0.4) is 0 Å². The highest BCUT2D eigenvalue weighted by molar-refractivity contribution is 7.06. The lowest BCUT2D eigenvalue weighted by atomic mass is 10.1. The van der Waals surface area contributed by atoms with Gasteiger partial charge in [-0.05, 0) is 35.6 Å². The molecule has 0 spiro atoms. The molecular weight excluding hydrogens is 332 g/mol. The lowest BCUT2D eigenvalue weighted by molar-refractivity contribution is 0.0966. The average Bonchev–Trinajstić information content (AvgIpc) is 2.98. The minimum absolute atomic E-state index is 0.0658. The van der Waals surface area contributed by atoms with Crippen LogP contribution >= 0.6 is 11.5 Å². The highest BCUT2D eigenvalue weighted by Gasteiger charge is 2.17. The van der Waals surface area contributed by atoms with Crippen molar-refractivity contribution in [3.8, 4) is 12.3 Å². The van der Waals surface area contributed by atoms with Crippen LogP contribution in [0.15, 0.2) is 53.5 Å². The first kappa shape index (κ1) is 16.9. The number of hydrogen-bond donors (Lipinski definition) is 0. The van der Waals surface area contributed by atoms with Gasteiger partial charge in [0, 0.05) is 29.1 Å². The molecule has 2 heterocycles. The molecule has 0 radical (unpaired) electrons. The van der Waals surface area contributed by atoms with Gasteiger partial charge < -0.3 is 4.57 Å². The Kier molecular flexibility index (Phi) is 4.92. The number of terminal acetylenes is 1. The molecule has 0 amide bonds. The van der Waals surface area contributed by atoms with Crippen molar-refractivity contribution < 1.29 is 4.79 Å². The molecule has 0 fully saturated rings. The van der Waals surface area contributed by atoms with Crippen molar-refractivity contribution in [3.05, 3.63) is 86.3 Å². The predicted molar refractivity (Wildman–Crippen MR) is 99.1 cm³/mol. The van der Waals surface area contributed by atoms with E-state index in [2.05, 4.69) is 10.3 Å². The zero-order valence-corrected chi connectivity index (χ0v) is 14.5. The molecule has 0 aliphatic heterocycles. The number of benzene rings is 1. The van der Waals surface area contributed by atoms with Crippen LogP contribution in [0.2, 0.25) is 0 Å². The average molecular weight is 348 g/mol. The Morgan fingerprint density at radius 3 is 2.72 bits per heavy atom. The van der Waals surface area contributed by atoms with Crippen LogP contribution in [0.4, 0.5) is 0 Å². The predicted octanol–water partition coefficient (Wildman–Crippen LogP) is 3.07. The smallest absolute Gasteiger partial charge is 0.251 e. The molecule has 3 rings (SSSR count). The second kappa shape index (κ2) is 7.29. The summed E-state index contributed by atoms with van der Waals surface area (Å²) in [5.74, 6) is 2.28. The zero-order chi connectivity index (χ0) is 17.8. The van der Waals surface area contributed by atoms with E-state index < -0.39 is 0 Å². The lowest BCUT2D eigenvalue weighted by Crippen LogP contribution is -2.23. The number of Topliss-reactive ketones (excluding diaryl/α,β-unsaturated/α-hetero) is 1. The molecule has 4 nitrogen and oxygen atoms in total. The van der Waals surface area contributed by atoms with Crippen molar-refractivity contribution in [2.24, 2.45) is 0 Å². The van der Waals surface area contributed by atoms with Gasteiger partial charge in [0.15, 0.2) is 0 Å². The SMILES string of the molecule is C#Cc1ccc(=O)n(CC(=O)c2nsc(Cc3ccccc3)c2C)c1. The van der Waals surface area contributed by atoms with E-state index in [0.717, 1.165) is 16.9 Å². The normalized spacial score (nSPS) is 10.4. The maximum Gasteiger partial charge on any atom is 0.251 e. The molecule has 1 aromatic carbocycles. The molecule has 0 saturated heterocycles. The summed E-state index contributed by atoms with van der Waals surface area (Å²) in [7, 11) is 0. The third kappa shape index (κ3) is 3.76. The number of hydrogen-bond acceptors (Lipinski definition) is 4. The maximum absolute atomic E-state index is 12.6. The third-order valence-corrected chi connectivity index (χ3v) is 4.90. The standard InChI is InChI=1S/C20H16N2O2S/c1-3-15-9-10-19(24)22(12-15)13-17(23)20-14(2)18(25-21-20)11-16-7-5-4-6-8-16/h1,4-10,12H,11,13H2,2H3. The Bertz CT molecular complexity index is 1010. The van der Waals surface area contributed by atoms with E-state index in [-0.39, 0.29) is 17.9 Å². The van der Waals surface area contributed by atoms with Gasteiger partial charge in [-0.25, -0.2) is 0 Å². The number of carbonyl (C=O) groups is 1. The molecule has 0 aliphatic carbocycles. The van der Waals surface area contributed by atoms with Crippen LogP contribution in [0, 0.1) is 19.3 Å². The first-order chi connectivity index (χ1) is 12.1. The van der Waals surface area contributed by atoms with Gasteiger partial charge in [0.05, 0.1) is 6.54 Å². The van der Waals surface area contributed by atoms with E-state index in [1.165, 1.54) is 33.9 Å². The molecule has 3 aromatic rings. The monoisotopic (exact) mass is 348 g/mol. The van der Waals surface area contributed by atoms with Gasteiger partial charge in [0.1, 0.15) is 5.69 Å². The fraction of sp³-hybridized carbons (Fsp3) is 0.150. The van der Waals surface area contributed by atoms with Crippen LogP contribution in [0.1, 0.15) is 32.1 Å². The van der Waals surface area contributed by atoms with Crippen LogP contribution in [-0.4, -0.2) is 14.7 Å². The summed E-state index contributed by atoms with van der Waals surface area (Å²) in [4.78, 5) is 25.6. The van der Waals surface area contributed by atoms with Crippen molar-refractivity contribution in [1.82, 2.24) is 8.94 Å². The number of aromatic nitrogens is 2. The van der Waals surface area contributed by atoms with Crippen molar-refractivity contribution in [1.29, 1.82) is 0 Å². The number of carbonyl (C=O) groups excluding carboxylic acids is 1. The van der Waals surface area contributed by atoms with Crippen molar-refractivity contribution in [2.75, 3.05) is 0 Å². The number of nitrogens with zero attached hydrogens (tertiary/aromatic N) is 2. The van der Waals surface area contributed by atoms with Crippen LogP contribution in [-0.2, 0) is 13.0 Å². The number of rotatable bonds is 5. The largest absolute Gasteiger partial charge is 0.306 e. The molecule has 124 valence electrons. The number of pyridine rings is 1. The molecular formula is C20H16N2O2S. The fourth-order valence-electron chi connectivity index (χ4n) is 2.55. The molecule has 0 atom stereocenters. The summed E-state index contributed by atoms with van der Waals surface area (Å²) >= 11 is 1.33. The Hall–Kier alpha value is -2.97. The second-order valence-electron chi connectivity index (χ2n) is 5.69. The third-order valence-electron chi connectivity index (χ3n) is 3.96. The topological polar surface area (TPSA) is 52.0 Å². The van der Waals surface area contributed by atoms with Crippen LogP contribution < -0.4 is 5.56 Å². The first-order valence-electron chi connectivity index (χ1n) is 7.78. The van der Waals surface area contributed by atoms with Gasteiger partial charge in [-0.15, -0.1) is 6.42 Å². The maximum atomic E-state index is 12.6. The summed E-state index contributed by atoms with van der Waals surface area (Å²) in [6.07, 6.45) is 7.61. The zero-order valence-electron chi connectivity index (χ0n) is 13.7. The van der Waals surface area contributed by atoms with E-state index in [9.17, 15) is 9.59 Å². The molecule has 0 saturated carbocycles. The minimum atomic E-state index is -0.259. The van der Waals surface area contributed by atoms with Gasteiger partial charge in [0.25, 0.3) is 5.56 Å². The summed E-state index contributed by atoms with van der Waals surface area (Å²) in [5, 5.41) is 0. The van der Waals surface area contributed by atoms with E-state index in [4.69, 9.17) is 6.42 Å². The van der Waals surface area contributed by atoms with Crippen LogP contribution in [0.5, 0.6) is 0 Å². The molecule has 0 aliphatic rings. The minimum Gasteiger partial charge on any atom is -0.306 e. The highest BCUT2D eigenvalue weighted by atomic mass is 32.1. The van der Waals surface area contributed by atoms with E-state index in [1.54, 1.807) is 6.07 Å². The Balaban J connectivity index is 1.82. The molecule has 0 bridgehead atoms. The molecule has 5 heteroatoms. The molecule has 25 heavy (non-hydrogen) atoms. The molecule has 0 N–H and O–H groups in total. The summed E-state index contributed by atoms with van der Waals surface area (Å²) in [5.41, 5.74) is 2.78. The molecule has 2 aromatic heterocycles. The number of ketones is 1.